The van der Waals surface area contributed by atoms with Gasteiger partial charge in [-0.05, 0) is 36.7 Å². The first kappa shape index (κ1) is 8.60. The van der Waals surface area contributed by atoms with Crippen molar-refractivity contribution in [3.05, 3.63) is 35.0 Å². The molecule has 0 bridgehead atoms. The van der Waals surface area contributed by atoms with Crippen LogP contribution in [0.5, 0.6) is 0 Å². The maximum atomic E-state index is 6.04. The fourth-order valence-corrected chi connectivity index (χ4v) is 1.74. The minimum absolute atomic E-state index is 0.601. The molecular formula is C10H10ClNO. The summed E-state index contributed by atoms with van der Waals surface area (Å²) in [5.74, 6) is 0. The highest BCUT2D eigenvalue weighted by Crippen LogP contribution is 2.26. The second-order valence-corrected chi connectivity index (χ2v) is 3.30. The number of rotatable bonds is 2. The topological polar surface area (TPSA) is 39.2 Å². The third-order valence-electron chi connectivity index (χ3n) is 2.08. The Bertz CT molecular complexity index is 422. The molecule has 2 rings (SSSR count). The molecule has 0 fully saturated rings. The van der Waals surface area contributed by atoms with Crippen LogP contribution in [0.3, 0.4) is 0 Å². The average molecular weight is 196 g/mol. The largest absolute Gasteiger partial charge is 0.464 e. The molecule has 13 heavy (non-hydrogen) atoms. The lowest BCUT2D eigenvalue weighted by Crippen LogP contribution is -2.03. The molecule has 0 unspecified atom stereocenters. The molecule has 1 aromatic heterocycles. The van der Waals surface area contributed by atoms with Crippen molar-refractivity contribution in [1.82, 2.24) is 0 Å². The van der Waals surface area contributed by atoms with Gasteiger partial charge in [-0.1, -0.05) is 11.6 Å². The van der Waals surface area contributed by atoms with Crippen molar-refractivity contribution in [1.29, 1.82) is 0 Å². The number of hydrogen-bond acceptors (Lipinski definition) is 2. The van der Waals surface area contributed by atoms with Crippen molar-refractivity contribution in [2.75, 3.05) is 6.54 Å². The van der Waals surface area contributed by atoms with Gasteiger partial charge in [0.05, 0.1) is 6.26 Å². The van der Waals surface area contributed by atoms with Gasteiger partial charge < -0.3 is 10.2 Å². The molecule has 0 aliphatic carbocycles. The van der Waals surface area contributed by atoms with E-state index in [0.717, 1.165) is 28.0 Å². The molecule has 2 aromatic rings. The van der Waals surface area contributed by atoms with Crippen molar-refractivity contribution in [2.45, 2.75) is 6.42 Å². The van der Waals surface area contributed by atoms with E-state index >= 15 is 0 Å². The lowest BCUT2D eigenvalue weighted by Gasteiger charge is -2.02. The Morgan fingerprint density at radius 3 is 2.92 bits per heavy atom. The van der Waals surface area contributed by atoms with E-state index in [9.17, 15) is 0 Å². The van der Waals surface area contributed by atoms with Crippen LogP contribution in [0.2, 0.25) is 5.02 Å². The predicted molar refractivity (Wildman–Crippen MR) is 54.0 cm³/mol. The highest BCUT2D eigenvalue weighted by molar-refractivity contribution is 6.32. The number of halogens is 1. The van der Waals surface area contributed by atoms with Gasteiger partial charge in [0.15, 0.2) is 0 Å². The summed E-state index contributed by atoms with van der Waals surface area (Å²) >= 11 is 6.04. The zero-order valence-electron chi connectivity index (χ0n) is 7.09. The van der Waals surface area contributed by atoms with Crippen molar-refractivity contribution < 1.29 is 4.42 Å². The van der Waals surface area contributed by atoms with Gasteiger partial charge in [0, 0.05) is 10.4 Å². The summed E-state index contributed by atoms with van der Waals surface area (Å²) in [6, 6.07) is 5.64. The fourth-order valence-electron chi connectivity index (χ4n) is 1.48. The second-order valence-electron chi connectivity index (χ2n) is 2.90. The molecule has 2 N–H and O–H groups in total. The molecule has 68 valence electrons. The Balaban J connectivity index is 2.66. The van der Waals surface area contributed by atoms with E-state index in [1.54, 1.807) is 6.26 Å². The monoisotopic (exact) mass is 195 g/mol. The van der Waals surface area contributed by atoms with E-state index in [2.05, 4.69) is 0 Å². The third kappa shape index (κ3) is 1.43. The molecule has 2 nitrogen and oxygen atoms in total. The van der Waals surface area contributed by atoms with E-state index in [1.807, 2.05) is 18.2 Å². The predicted octanol–water partition coefficient (Wildman–Crippen LogP) is 2.59. The Labute approximate surface area is 81.3 Å². The highest BCUT2D eigenvalue weighted by Gasteiger charge is 2.06. The second kappa shape index (κ2) is 3.40. The molecule has 0 spiro atoms. The standard InChI is InChI=1S/C10H10ClNO/c11-9-1-2-10-8(4-6-13-10)7(9)3-5-12/h1-2,4,6H,3,5,12H2. The number of fused-ring (bicyclic) bond motifs is 1. The van der Waals surface area contributed by atoms with Crippen LogP contribution in [-0.4, -0.2) is 6.54 Å². The molecule has 1 heterocycles. The summed E-state index contributed by atoms with van der Waals surface area (Å²) in [5.41, 5.74) is 7.45. The van der Waals surface area contributed by atoms with Crippen LogP contribution < -0.4 is 5.73 Å². The zero-order chi connectivity index (χ0) is 9.26. The van der Waals surface area contributed by atoms with Gasteiger partial charge in [0.2, 0.25) is 0 Å². The maximum Gasteiger partial charge on any atom is 0.134 e. The van der Waals surface area contributed by atoms with Crippen LogP contribution in [0, 0.1) is 0 Å². The van der Waals surface area contributed by atoms with Crippen LogP contribution in [0.1, 0.15) is 5.56 Å². The molecule has 3 heteroatoms. The SMILES string of the molecule is NCCc1c(Cl)ccc2occc12. The van der Waals surface area contributed by atoms with Crippen LogP contribution >= 0.6 is 11.6 Å². The molecule has 0 aliphatic rings. The van der Waals surface area contributed by atoms with Gasteiger partial charge >= 0.3 is 0 Å². The summed E-state index contributed by atoms with van der Waals surface area (Å²) in [7, 11) is 0. The first-order chi connectivity index (χ1) is 6.33. The van der Waals surface area contributed by atoms with Crippen LogP contribution in [0.15, 0.2) is 28.9 Å². The summed E-state index contributed by atoms with van der Waals surface area (Å²) in [6.45, 7) is 0.601. The summed E-state index contributed by atoms with van der Waals surface area (Å²) < 4.78 is 5.26. The minimum Gasteiger partial charge on any atom is -0.464 e. The quantitative estimate of drug-likeness (QED) is 0.800. The number of furan rings is 1. The normalized spacial score (nSPS) is 10.9. The number of nitrogens with two attached hydrogens (primary N) is 1. The number of benzene rings is 1. The molecule has 0 saturated heterocycles. The molecule has 1 aromatic carbocycles. The molecular weight excluding hydrogens is 186 g/mol. The average Bonchev–Trinajstić information content (AvgIpc) is 2.58. The molecule has 0 amide bonds. The Morgan fingerprint density at radius 1 is 1.31 bits per heavy atom. The first-order valence-corrected chi connectivity index (χ1v) is 4.55. The molecule has 0 aliphatic heterocycles. The van der Waals surface area contributed by atoms with E-state index in [0.29, 0.717) is 6.54 Å². The van der Waals surface area contributed by atoms with Crippen LogP contribution in [-0.2, 0) is 6.42 Å². The van der Waals surface area contributed by atoms with Crippen molar-refractivity contribution in [2.24, 2.45) is 5.73 Å². The van der Waals surface area contributed by atoms with E-state index in [4.69, 9.17) is 21.8 Å². The van der Waals surface area contributed by atoms with Gasteiger partial charge in [-0.3, -0.25) is 0 Å². The van der Waals surface area contributed by atoms with Gasteiger partial charge in [-0.2, -0.15) is 0 Å². The van der Waals surface area contributed by atoms with Crippen molar-refractivity contribution in [3.63, 3.8) is 0 Å². The van der Waals surface area contributed by atoms with Gasteiger partial charge in [-0.15, -0.1) is 0 Å². The Hall–Kier alpha value is -0.990. The van der Waals surface area contributed by atoms with Crippen LogP contribution in [0.4, 0.5) is 0 Å². The highest BCUT2D eigenvalue weighted by atomic mass is 35.5. The lowest BCUT2D eigenvalue weighted by atomic mass is 10.1. The van der Waals surface area contributed by atoms with Crippen LogP contribution in [0.25, 0.3) is 11.0 Å². The fraction of sp³-hybridized carbons (Fsp3) is 0.200. The smallest absolute Gasteiger partial charge is 0.134 e. The van der Waals surface area contributed by atoms with Gasteiger partial charge in [-0.25, -0.2) is 0 Å². The lowest BCUT2D eigenvalue weighted by molar-refractivity contribution is 0.615. The van der Waals surface area contributed by atoms with Crippen molar-refractivity contribution in [3.8, 4) is 0 Å². The number of hydrogen-bond donors (Lipinski definition) is 1. The zero-order valence-corrected chi connectivity index (χ0v) is 7.84. The minimum atomic E-state index is 0.601. The summed E-state index contributed by atoms with van der Waals surface area (Å²) in [5, 5.41) is 1.83. The Kier molecular flexibility index (Phi) is 2.25. The van der Waals surface area contributed by atoms with E-state index in [1.165, 1.54) is 0 Å². The van der Waals surface area contributed by atoms with Crippen molar-refractivity contribution >= 4 is 22.6 Å². The van der Waals surface area contributed by atoms with E-state index in [-0.39, 0.29) is 0 Å². The van der Waals surface area contributed by atoms with Gasteiger partial charge in [0.1, 0.15) is 5.58 Å². The molecule has 0 atom stereocenters. The summed E-state index contributed by atoms with van der Waals surface area (Å²) in [6.07, 6.45) is 2.46. The third-order valence-corrected chi connectivity index (χ3v) is 2.44. The van der Waals surface area contributed by atoms with E-state index < -0.39 is 0 Å². The maximum absolute atomic E-state index is 6.04. The Morgan fingerprint density at radius 2 is 2.15 bits per heavy atom. The molecule has 0 radical (unpaired) electrons. The first-order valence-electron chi connectivity index (χ1n) is 4.17. The summed E-state index contributed by atoms with van der Waals surface area (Å²) in [4.78, 5) is 0. The molecule has 0 saturated carbocycles. The van der Waals surface area contributed by atoms with Gasteiger partial charge in [0.25, 0.3) is 0 Å².